The van der Waals surface area contributed by atoms with Gasteiger partial charge in [-0.25, -0.2) is 4.98 Å². The van der Waals surface area contributed by atoms with Crippen LogP contribution in [0, 0.1) is 0 Å². The number of rotatable bonds is 6. The second-order valence-corrected chi connectivity index (χ2v) is 5.12. The van der Waals surface area contributed by atoms with E-state index in [0.29, 0.717) is 29.3 Å². The molecule has 0 bridgehead atoms. The Morgan fingerprint density at radius 2 is 2.05 bits per heavy atom. The molecule has 0 amide bonds. The number of hydrogen-bond acceptors (Lipinski definition) is 7. The number of nitrogens with zero attached hydrogens (tertiary/aromatic N) is 3. The first kappa shape index (κ1) is 13.8. The van der Waals surface area contributed by atoms with Crippen molar-refractivity contribution in [2.75, 3.05) is 7.11 Å². The molecule has 6 nitrogen and oxygen atoms in total. The van der Waals surface area contributed by atoms with Gasteiger partial charge in [0.25, 0.3) is 11.1 Å². The first-order valence-corrected chi connectivity index (χ1v) is 7.28. The molecular formula is C14H13N3O3S. The maximum atomic E-state index is 5.44. The topological polar surface area (TPSA) is 74.2 Å². The largest absolute Gasteiger partial charge is 0.439 e. The summed E-state index contributed by atoms with van der Waals surface area (Å²) in [6.07, 6.45) is 1.64. The quantitative estimate of drug-likeness (QED) is 0.647. The maximum absolute atomic E-state index is 5.44. The summed E-state index contributed by atoms with van der Waals surface area (Å²) in [7, 11) is 1.58. The van der Waals surface area contributed by atoms with Crippen molar-refractivity contribution in [2.45, 2.75) is 17.6 Å². The van der Waals surface area contributed by atoms with E-state index < -0.39 is 0 Å². The lowest BCUT2D eigenvalue weighted by molar-refractivity contribution is 0.151. The highest BCUT2D eigenvalue weighted by Gasteiger charge is 2.10. The summed E-state index contributed by atoms with van der Waals surface area (Å²) < 4.78 is 15.4. The zero-order valence-electron chi connectivity index (χ0n) is 11.4. The fourth-order valence-electron chi connectivity index (χ4n) is 1.72. The molecule has 3 rings (SSSR count). The molecule has 0 radical (unpaired) electrons. The summed E-state index contributed by atoms with van der Waals surface area (Å²) >= 11 is 1.42. The number of thioether (sulfide) groups is 1. The fraction of sp³-hybridized carbons (Fsp3) is 0.214. The highest BCUT2D eigenvalue weighted by Crippen LogP contribution is 2.25. The van der Waals surface area contributed by atoms with Crippen molar-refractivity contribution >= 4 is 11.8 Å². The lowest BCUT2D eigenvalue weighted by Gasteiger charge is -1.92. The Labute approximate surface area is 125 Å². The summed E-state index contributed by atoms with van der Waals surface area (Å²) in [5, 5.41) is 4.43. The average molecular weight is 303 g/mol. The minimum absolute atomic E-state index is 0.314. The Hall–Kier alpha value is -2.12. The molecule has 108 valence electrons. The van der Waals surface area contributed by atoms with Gasteiger partial charge in [0.05, 0.1) is 5.75 Å². The van der Waals surface area contributed by atoms with Gasteiger partial charge in [-0.2, -0.15) is 4.98 Å². The molecule has 2 aromatic heterocycles. The number of aromatic nitrogens is 3. The van der Waals surface area contributed by atoms with E-state index in [1.54, 1.807) is 13.4 Å². The van der Waals surface area contributed by atoms with Crippen LogP contribution in [-0.2, 0) is 17.1 Å². The van der Waals surface area contributed by atoms with Gasteiger partial charge in [0.15, 0.2) is 5.82 Å². The van der Waals surface area contributed by atoms with E-state index in [0.717, 1.165) is 11.3 Å². The molecule has 0 spiro atoms. The van der Waals surface area contributed by atoms with Gasteiger partial charge in [0.1, 0.15) is 18.6 Å². The minimum atomic E-state index is 0.314. The Balaban J connectivity index is 1.62. The lowest BCUT2D eigenvalue weighted by atomic mass is 10.2. The van der Waals surface area contributed by atoms with Crippen LogP contribution < -0.4 is 0 Å². The predicted molar refractivity (Wildman–Crippen MR) is 76.5 cm³/mol. The molecule has 0 aliphatic carbocycles. The van der Waals surface area contributed by atoms with E-state index in [9.17, 15) is 0 Å². The molecule has 0 aliphatic heterocycles. The zero-order chi connectivity index (χ0) is 14.5. The van der Waals surface area contributed by atoms with Crippen LogP contribution >= 0.6 is 11.8 Å². The molecule has 0 unspecified atom stereocenters. The van der Waals surface area contributed by atoms with Gasteiger partial charge in [-0.3, -0.25) is 0 Å². The molecule has 0 N–H and O–H groups in total. The first-order chi connectivity index (χ1) is 10.3. The van der Waals surface area contributed by atoms with E-state index in [2.05, 4.69) is 15.1 Å². The standard InChI is InChI=1S/C14H13N3O3S/c1-18-8-13-16-12(17-20-13)9-21-14-15-11(7-19-14)10-5-3-2-4-6-10/h2-7H,8-9H2,1H3. The van der Waals surface area contributed by atoms with Gasteiger partial charge in [-0.05, 0) is 0 Å². The molecule has 0 aliphatic rings. The third kappa shape index (κ3) is 3.50. The third-order valence-corrected chi connectivity index (χ3v) is 3.49. The van der Waals surface area contributed by atoms with Gasteiger partial charge in [-0.15, -0.1) is 0 Å². The van der Waals surface area contributed by atoms with E-state index >= 15 is 0 Å². The number of methoxy groups -OCH3 is 1. The van der Waals surface area contributed by atoms with Crippen LogP contribution in [0.1, 0.15) is 11.7 Å². The van der Waals surface area contributed by atoms with Crippen LogP contribution in [0.15, 0.2) is 50.8 Å². The third-order valence-electron chi connectivity index (χ3n) is 2.66. The minimum Gasteiger partial charge on any atom is -0.439 e. The van der Waals surface area contributed by atoms with E-state index in [4.69, 9.17) is 13.7 Å². The SMILES string of the molecule is COCc1nc(CSc2nc(-c3ccccc3)co2)no1. The summed E-state index contributed by atoms with van der Waals surface area (Å²) in [5.41, 5.74) is 1.83. The Morgan fingerprint density at radius 1 is 1.19 bits per heavy atom. The lowest BCUT2D eigenvalue weighted by Crippen LogP contribution is -1.88. The van der Waals surface area contributed by atoms with Crippen LogP contribution in [-0.4, -0.2) is 22.2 Å². The molecular weight excluding hydrogens is 290 g/mol. The first-order valence-electron chi connectivity index (χ1n) is 6.29. The van der Waals surface area contributed by atoms with Crippen molar-refractivity contribution in [3.63, 3.8) is 0 Å². The molecule has 0 fully saturated rings. The highest BCUT2D eigenvalue weighted by atomic mass is 32.2. The van der Waals surface area contributed by atoms with Crippen molar-refractivity contribution in [1.82, 2.24) is 15.1 Å². The molecule has 7 heteroatoms. The fourth-order valence-corrected chi connectivity index (χ4v) is 2.37. The average Bonchev–Trinajstić information content (AvgIpc) is 3.16. The van der Waals surface area contributed by atoms with Crippen molar-refractivity contribution in [3.05, 3.63) is 48.3 Å². The van der Waals surface area contributed by atoms with Crippen LogP contribution in [0.25, 0.3) is 11.3 Å². The summed E-state index contributed by atoms with van der Waals surface area (Å²) in [4.78, 5) is 8.61. The second kappa shape index (κ2) is 6.55. The summed E-state index contributed by atoms with van der Waals surface area (Å²) in [5.74, 6) is 1.58. The van der Waals surface area contributed by atoms with E-state index in [1.165, 1.54) is 11.8 Å². The molecule has 0 atom stereocenters. The van der Waals surface area contributed by atoms with Gasteiger partial charge in [0, 0.05) is 12.7 Å². The van der Waals surface area contributed by atoms with Crippen molar-refractivity contribution in [3.8, 4) is 11.3 Å². The van der Waals surface area contributed by atoms with Crippen molar-refractivity contribution in [1.29, 1.82) is 0 Å². The smallest absolute Gasteiger partial charge is 0.256 e. The van der Waals surface area contributed by atoms with Crippen molar-refractivity contribution in [2.24, 2.45) is 0 Å². The van der Waals surface area contributed by atoms with Gasteiger partial charge in [0.2, 0.25) is 0 Å². The zero-order valence-corrected chi connectivity index (χ0v) is 12.2. The second-order valence-electron chi connectivity index (χ2n) is 4.19. The number of ether oxygens (including phenoxy) is 1. The van der Waals surface area contributed by atoms with Gasteiger partial charge >= 0.3 is 0 Å². The van der Waals surface area contributed by atoms with Crippen molar-refractivity contribution < 1.29 is 13.7 Å². The van der Waals surface area contributed by atoms with Crippen LogP contribution in [0.4, 0.5) is 0 Å². The summed E-state index contributed by atoms with van der Waals surface area (Å²) in [6.45, 7) is 0.314. The van der Waals surface area contributed by atoms with Crippen LogP contribution in [0.3, 0.4) is 0 Å². The van der Waals surface area contributed by atoms with Gasteiger partial charge < -0.3 is 13.7 Å². The Morgan fingerprint density at radius 3 is 2.86 bits per heavy atom. The molecule has 1 aromatic carbocycles. The van der Waals surface area contributed by atoms with E-state index in [1.807, 2.05) is 30.3 Å². The number of oxazole rings is 1. The Kier molecular flexibility index (Phi) is 4.32. The highest BCUT2D eigenvalue weighted by molar-refractivity contribution is 7.98. The molecule has 3 aromatic rings. The van der Waals surface area contributed by atoms with Crippen LogP contribution in [0.5, 0.6) is 0 Å². The number of hydrogen-bond donors (Lipinski definition) is 0. The monoisotopic (exact) mass is 303 g/mol. The number of benzene rings is 1. The predicted octanol–water partition coefficient (Wildman–Crippen LogP) is 3.16. The van der Waals surface area contributed by atoms with E-state index in [-0.39, 0.29) is 0 Å². The van der Waals surface area contributed by atoms with Gasteiger partial charge in [-0.1, -0.05) is 47.3 Å². The molecule has 2 heterocycles. The normalized spacial score (nSPS) is 10.9. The molecule has 21 heavy (non-hydrogen) atoms. The Bertz CT molecular complexity index is 696. The summed E-state index contributed by atoms with van der Waals surface area (Å²) in [6, 6.07) is 9.87. The molecule has 0 saturated heterocycles. The maximum Gasteiger partial charge on any atom is 0.256 e. The molecule has 0 saturated carbocycles. The van der Waals surface area contributed by atoms with Crippen LogP contribution in [0.2, 0.25) is 0 Å².